The third-order valence-corrected chi connectivity index (χ3v) is 9.66. The highest BCUT2D eigenvalue weighted by molar-refractivity contribution is 6.23. The normalized spacial score (nSPS) is 35.2. The Morgan fingerprint density at radius 2 is 1.95 bits per heavy atom. The number of allylic oxidation sites excluding steroid dienone is 1. The van der Waals surface area contributed by atoms with E-state index in [1.165, 1.54) is 0 Å². The van der Waals surface area contributed by atoms with Gasteiger partial charge >= 0.3 is 5.97 Å². The van der Waals surface area contributed by atoms with Crippen molar-refractivity contribution < 1.29 is 23.9 Å². The lowest BCUT2D eigenvalue weighted by molar-refractivity contribution is -0.159. The molecule has 0 radical (unpaired) electrons. The number of fused-ring (bicyclic) bond motifs is 2. The van der Waals surface area contributed by atoms with Crippen LogP contribution in [0.1, 0.15) is 97.8 Å². The lowest BCUT2D eigenvalue weighted by atomic mass is 9.61. The number of ketones is 2. The highest BCUT2D eigenvalue weighted by Gasteiger charge is 2.86. The molecule has 2 aliphatic heterocycles. The fourth-order valence-corrected chi connectivity index (χ4v) is 7.15. The Labute approximate surface area is 234 Å². The predicted molar refractivity (Wildman–Crippen MR) is 151 cm³/mol. The van der Waals surface area contributed by atoms with Gasteiger partial charge in [-0.2, -0.15) is 0 Å². The van der Waals surface area contributed by atoms with Crippen molar-refractivity contribution in [2.24, 2.45) is 29.4 Å². The number of esters is 1. The minimum absolute atomic E-state index is 0.0621. The number of epoxide rings is 1. The molecule has 2 heterocycles. The number of carbonyl (C=O) groups excluding carboxylic acids is 3. The first kappa shape index (κ1) is 30.4. The van der Waals surface area contributed by atoms with Crippen LogP contribution in [0.5, 0.6) is 0 Å². The molecular weight excluding hydrogens is 494 g/mol. The van der Waals surface area contributed by atoms with Crippen LogP contribution in [0.2, 0.25) is 0 Å². The molecule has 4 fully saturated rings. The number of hydrogen-bond donors (Lipinski definition) is 3. The van der Waals surface area contributed by atoms with E-state index in [0.717, 1.165) is 83.0 Å². The molecule has 2 saturated carbocycles. The Bertz CT molecular complexity index is 914. The molecule has 2 aliphatic carbocycles. The summed E-state index contributed by atoms with van der Waals surface area (Å²) < 4.78 is 12.0. The SMILES string of the molecule is CCCC[C@H](CNCC)COC(=O)[C@]12O[C@@]1(CC=C(C)CCC1CCNC(N)C1)C(=O)C1CCCCC1C2=O. The molecule has 39 heavy (non-hydrogen) atoms. The van der Waals surface area contributed by atoms with Crippen molar-refractivity contribution in [2.45, 2.75) is 115 Å². The number of carbonyl (C=O) groups is 3. The highest BCUT2D eigenvalue weighted by atomic mass is 16.7. The van der Waals surface area contributed by atoms with Gasteiger partial charge in [0.1, 0.15) is 0 Å². The Balaban J connectivity index is 1.47. The number of unbranched alkanes of at least 4 members (excludes halogenated alkanes) is 1. The molecule has 0 spiro atoms. The molecule has 4 aliphatic rings. The van der Waals surface area contributed by atoms with Gasteiger partial charge < -0.3 is 25.8 Å². The van der Waals surface area contributed by atoms with E-state index >= 15 is 0 Å². The lowest BCUT2D eigenvalue weighted by Gasteiger charge is -2.36. The number of piperidine rings is 1. The van der Waals surface area contributed by atoms with Crippen molar-refractivity contribution >= 4 is 17.5 Å². The number of ether oxygens (including phenoxy) is 2. The third-order valence-electron chi connectivity index (χ3n) is 9.66. The average molecular weight is 546 g/mol. The Kier molecular flexibility index (Phi) is 10.4. The molecule has 8 heteroatoms. The van der Waals surface area contributed by atoms with E-state index in [1.54, 1.807) is 0 Å². The number of nitrogens with two attached hydrogens (primary N) is 1. The van der Waals surface area contributed by atoms with Crippen molar-refractivity contribution in [3.8, 4) is 0 Å². The molecule has 4 unspecified atom stereocenters. The van der Waals surface area contributed by atoms with Crippen LogP contribution < -0.4 is 16.4 Å². The van der Waals surface area contributed by atoms with Crippen LogP contribution in [0.3, 0.4) is 0 Å². The first-order valence-corrected chi connectivity index (χ1v) is 15.6. The van der Waals surface area contributed by atoms with Crippen LogP contribution in [0.15, 0.2) is 11.6 Å². The Morgan fingerprint density at radius 1 is 1.21 bits per heavy atom. The van der Waals surface area contributed by atoms with Crippen molar-refractivity contribution in [3.63, 3.8) is 0 Å². The monoisotopic (exact) mass is 545 g/mol. The maximum atomic E-state index is 13.9. The maximum absolute atomic E-state index is 13.9. The molecule has 8 nitrogen and oxygen atoms in total. The zero-order chi connectivity index (χ0) is 28.0. The van der Waals surface area contributed by atoms with Crippen LogP contribution in [0.25, 0.3) is 0 Å². The summed E-state index contributed by atoms with van der Waals surface area (Å²) in [4.78, 5) is 41.5. The molecule has 0 aromatic rings. The molecular formula is C31H51N3O5. The maximum Gasteiger partial charge on any atom is 0.349 e. The van der Waals surface area contributed by atoms with Gasteiger partial charge in [-0.05, 0) is 70.9 Å². The van der Waals surface area contributed by atoms with Gasteiger partial charge in [0.2, 0.25) is 0 Å². The Morgan fingerprint density at radius 3 is 2.64 bits per heavy atom. The van der Waals surface area contributed by atoms with E-state index < -0.39 is 23.1 Å². The molecule has 0 aromatic carbocycles. The summed E-state index contributed by atoms with van der Waals surface area (Å²) in [5, 5.41) is 6.64. The van der Waals surface area contributed by atoms with E-state index in [2.05, 4.69) is 31.4 Å². The number of hydrogen-bond acceptors (Lipinski definition) is 8. The predicted octanol–water partition coefficient (Wildman–Crippen LogP) is 3.81. The van der Waals surface area contributed by atoms with Crippen LogP contribution in [0, 0.1) is 23.7 Å². The molecule has 0 amide bonds. The number of rotatable bonds is 14. The van der Waals surface area contributed by atoms with E-state index in [0.29, 0.717) is 18.8 Å². The molecule has 2 saturated heterocycles. The van der Waals surface area contributed by atoms with Crippen molar-refractivity contribution in [1.29, 1.82) is 0 Å². The van der Waals surface area contributed by atoms with Crippen LogP contribution >= 0.6 is 0 Å². The van der Waals surface area contributed by atoms with Gasteiger partial charge in [-0.25, -0.2) is 4.79 Å². The molecule has 0 bridgehead atoms. The first-order valence-electron chi connectivity index (χ1n) is 15.6. The second-order valence-corrected chi connectivity index (χ2v) is 12.5. The fourth-order valence-electron chi connectivity index (χ4n) is 7.15. The smallest absolute Gasteiger partial charge is 0.349 e. The van der Waals surface area contributed by atoms with E-state index in [4.69, 9.17) is 15.2 Å². The van der Waals surface area contributed by atoms with Gasteiger partial charge in [-0.15, -0.1) is 0 Å². The quantitative estimate of drug-likeness (QED) is 0.130. The zero-order valence-corrected chi connectivity index (χ0v) is 24.4. The summed E-state index contributed by atoms with van der Waals surface area (Å²) in [5.41, 5.74) is 4.05. The van der Waals surface area contributed by atoms with Gasteiger partial charge in [-0.1, -0.05) is 51.2 Å². The lowest BCUT2D eigenvalue weighted by Crippen LogP contribution is -2.58. The topological polar surface area (TPSA) is 123 Å². The highest BCUT2D eigenvalue weighted by Crippen LogP contribution is 2.61. The minimum atomic E-state index is -1.77. The zero-order valence-electron chi connectivity index (χ0n) is 24.4. The summed E-state index contributed by atoms with van der Waals surface area (Å²) in [7, 11) is 0. The summed E-state index contributed by atoms with van der Waals surface area (Å²) in [6, 6.07) is 0. The Hall–Kier alpha value is -1.61. The van der Waals surface area contributed by atoms with Gasteiger partial charge in [-0.3, -0.25) is 9.59 Å². The van der Waals surface area contributed by atoms with Crippen molar-refractivity contribution in [3.05, 3.63) is 11.6 Å². The number of nitrogens with one attached hydrogen (secondary N) is 2. The molecule has 4 N–H and O–H groups in total. The average Bonchev–Trinajstić information content (AvgIpc) is 3.65. The fraction of sp³-hybridized carbons (Fsp3) is 0.839. The van der Waals surface area contributed by atoms with E-state index in [-0.39, 0.29) is 42.6 Å². The van der Waals surface area contributed by atoms with Gasteiger partial charge in [0.15, 0.2) is 17.2 Å². The molecule has 0 aromatic heterocycles. The second kappa shape index (κ2) is 13.4. The van der Waals surface area contributed by atoms with E-state index in [9.17, 15) is 14.4 Å². The second-order valence-electron chi connectivity index (χ2n) is 12.5. The van der Waals surface area contributed by atoms with Crippen LogP contribution in [0.4, 0.5) is 0 Å². The largest absolute Gasteiger partial charge is 0.463 e. The van der Waals surface area contributed by atoms with Gasteiger partial charge in [0.25, 0.3) is 5.60 Å². The third kappa shape index (κ3) is 6.34. The minimum Gasteiger partial charge on any atom is -0.463 e. The summed E-state index contributed by atoms with van der Waals surface area (Å²) >= 11 is 0. The molecule has 220 valence electrons. The summed E-state index contributed by atoms with van der Waals surface area (Å²) in [5.74, 6) is -0.960. The molecule has 4 rings (SSSR count). The van der Waals surface area contributed by atoms with Crippen LogP contribution in [-0.2, 0) is 23.9 Å². The van der Waals surface area contributed by atoms with Crippen molar-refractivity contribution in [1.82, 2.24) is 10.6 Å². The molecule has 7 atom stereocenters. The van der Waals surface area contributed by atoms with Crippen molar-refractivity contribution in [2.75, 3.05) is 26.2 Å². The summed E-state index contributed by atoms with van der Waals surface area (Å²) in [6.45, 7) is 9.04. The number of Topliss-reactive ketones (excluding diaryl/α,β-unsaturated/α-hetero) is 2. The van der Waals surface area contributed by atoms with E-state index in [1.807, 2.05) is 6.08 Å². The van der Waals surface area contributed by atoms with Gasteiger partial charge in [0.05, 0.1) is 12.8 Å². The first-order chi connectivity index (χ1) is 18.8. The standard InChI is InChI=1S/C31H51N3O5/c1-4-6-9-23(19-33-5-2)20-38-29(37)31-28(36)25-11-8-7-10-24(25)27(35)30(31,39-31)16-14-21(3)12-13-22-15-17-34-26(32)18-22/h14,22-26,33-34H,4-13,15-20,32H2,1-3H3/t22?,23-,24?,25?,26?,30+,31+/m1/s1. The van der Waals surface area contributed by atoms with Crippen LogP contribution in [-0.4, -0.2) is 61.1 Å². The summed E-state index contributed by atoms with van der Waals surface area (Å²) in [6.07, 6.45) is 12.6. The van der Waals surface area contributed by atoms with Gasteiger partial charge in [0, 0.05) is 30.7 Å².